The molecular formula is C25H43N3O. The van der Waals surface area contributed by atoms with Gasteiger partial charge in [0.1, 0.15) is 0 Å². The average Bonchev–Trinajstić information content (AvgIpc) is 3.28. The lowest BCUT2D eigenvalue weighted by atomic mass is 9.43. The highest BCUT2D eigenvalue weighted by Crippen LogP contribution is 2.69. The largest absolute Gasteiger partial charge is 0.389 e. The first-order valence-corrected chi connectivity index (χ1v) is 12.5. The number of nitrogens with zero attached hydrogens (tertiary/aromatic N) is 1. The molecule has 0 aromatic carbocycles. The molecule has 7 atom stereocenters. The van der Waals surface area contributed by atoms with Gasteiger partial charge in [-0.15, -0.1) is 0 Å². The van der Waals surface area contributed by atoms with Crippen LogP contribution in [0.1, 0.15) is 84.5 Å². The highest BCUT2D eigenvalue weighted by atomic mass is 16.3. The van der Waals surface area contributed by atoms with E-state index in [4.69, 9.17) is 5.73 Å². The Morgan fingerprint density at radius 3 is 2.76 bits per heavy atom. The molecule has 4 aliphatic carbocycles. The van der Waals surface area contributed by atoms with E-state index in [1.807, 2.05) is 0 Å². The van der Waals surface area contributed by atoms with Crippen molar-refractivity contribution < 1.29 is 5.11 Å². The Balaban J connectivity index is 1.40. The summed E-state index contributed by atoms with van der Waals surface area (Å²) in [7, 11) is 0. The van der Waals surface area contributed by atoms with E-state index in [0.717, 1.165) is 50.9 Å². The zero-order chi connectivity index (χ0) is 20.3. The second-order valence-electron chi connectivity index (χ2n) is 11.6. The van der Waals surface area contributed by atoms with Gasteiger partial charge in [0.25, 0.3) is 0 Å². The van der Waals surface area contributed by atoms with Gasteiger partial charge in [-0.05, 0) is 87.5 Å². The zero-order valence-electron chi connectivity index (χ0n) is 18.8. The molecule has 0 amide bonds. The number of allylic oxidation sites excluding steroid dienone is 1. The molecule has 4 N–H and O–H groups in total. The Kier molecular flexibility index (Phi) is 4.98. The summed E-state index contributed by atoms with van der Waals surface area (Å²) in [5.74, 6) is 2.65. The first-order valence-electron chi connectivity index (χ1n) is 12.5. The number of nitrogens with two attached hydrogens (primary N) is 1. The third-order valence-corrected chi connectivity index (χ3v) is 10.6. The fourth-order valence-corrected chi connectivity index (χ4v) is 8.89. The van der Waals surface area contributed by atoms with Crippen LogP contribution in [0.2, 0.25) is 0 Å². The molecule has 4 heteroatoms. The maximum absolute atomic E-state index is 12.3. The molecular weight excluding hydrogens is 358 g/mol. The van der Waals surface area contributed by atoms with Crippen molar-refractivity contribution in [2.75, 3.05) is 19.8 Å². The number of aliphatic hydroxyl groups is 1. The van der Waals surface area contributed by atoms with Crippen LogP contribution in [0.4, 0.5) is 0 Å². The molecule has 7 unspecified atom stereocenters. The smallest absolute Gasteiger partial charge is 0.0869 e. The molecule has 4 nitrogen and oxygen atoms in total. The summed E-state index contributed by atoms with van der Waals surface area (Å²) in [6.45, 7) is 7.73. The molecule has 4 fully saturated rings. The number of fused-ring (bicyclic) bond motifs is 5. The normalized spacial score (nSPS) is 49.1. The van der Waals surface area contributed by atoms with Crippen LogP contribution in [0, 0.1) is 34.5 Å². The van der Waals surface area contributed by atoms with E-state index in [9.17, 15) is 5.11 Å². The first-order chi connectivity index (χ1) is 13.9. The van der Waals surface area contributed by atoms with Crippen LogP contribution in [0.25, 0.3) is 0 Å². The van der Waals surface area contributed by atoms with Gasteiger partial charge in [0.05, 0.1) is 12.3 Å². The van der Waals surface area contributed by atoms with Crippen LogP contribution in [-0.2, 0) is 0 Å². The second kappa shape index (κ2) is 7.15. The van der Waals surface area contributed by atoms with E-state index >= 15 is 0 Å². The van der Waals surface area contributed by atoms with Gasteiger partial charge in [-0.3, -0.25) is 0 Å². The highest BCUT2D eigenvalue weighted by molar-refractivity contribution is 5.24. The third-order valence-electron chi connectivity index (χ3n) is 10.6. The molecule has 0 aromatic heterocycles. The second-order valence-corrected chi connectivity index (χ2v) is 11.6. The summed E-state index contributed by atoms with van der Waals surface area (Å²) in [5, 5.41) is 16.0. The van der Waals surface area contributed by atoms with Gasteiger partial charge in [0.2, 0.25) is 0 Å². The SMILES string of the molecule is CC12CCCCC1CCC1C2CCC2(C)C(C3=CN(CCCN)CN3)CCC12O. The van der Waals surface area contributed by atoms with Crippen molar-refractivity contribution in [2.24, 2.45) is 40.2 Å². The molecule has 164 valence electrons. The standard InChI is InChI=1S/C25H43N3O/c1-23-11-4-3-6-18(23)7-8-20-19(23)9-12-24(2)21(10-13-25(20,24)29)22-16-28(17-27-22)15-5-14-26/h16,18-21,27,29H,3-15,17,26H2,1-2H3. The van der Waals surface area contributed by atoms with Crippen molar-refractivity contribution >= 4 is 0 Å². The fourth-order valence-electron chi connectivity index (χ4n) is 8.89. The maximum atomic E-state index is 12.3. The molecule has 0 radical (unpaired) electrons. The number of hydrogen-bond donors (Lipinski definition) is 3. The van der Waals surface area contributed by atoms with E-state index in [2.05, 4.69) is 30.3 Å². The van der Waals surface area contributed by atoms with E-state index in [-0.39, 0.29) is 5.41 Å². The van der Waals surface area contributed by atoms with Crippen molar-refractivity contribution in [1.29, 1.82) is 0 Å². The Hall–Kier alpha value is -0.740. The first kappa shape index (κ1) is 20.2. The van der Waals surface area contributed by atoms with E-state index in [1.54, 1.807) is 0 Å². The summed E-state index contributed by atoms with van der Waals surface area (Å²) in [4.78, 5) is 2.38. The molecule has 1 aliphatic heterocycles. The minimum Gasteiger partial charge on any atom is -0.389 e. The molecule has 0 saturated heterocycles. The molecule has 0 spiro atoms. The summed E-state index contributed by atoms with van der Waals surface area (Å²) in [5.41, 5.74) is 7.13. The summed E-state index contributed by atoms with van der Waals surface area (Å²) in [6, 6.07) is 0. The van der Waals surface area contributed by atoms with Gasteiger partial charge in [-0.2, -0.15) is 0 Å². The fraction of sp³-hybridized carbons (Fsp3) is 0.920. The summed E-state index contributed by atoms with van der Waals surface area (Å²) in [6.07, 6.45) is 16.4. The van der Waals surface area contributed by atoms with Gasteiger partial charge in [-0.25, -0.2) is 0 Å². The van der Waals surface area contributed by atoms with Gasteiger partial charge >= 0.3 is 0 Å². The number of hydrogen-bond acceptors (Lipinski definition) is 4. The maximum Gasteiger partial charge on any atom is 0.0869 e. The third kappa shape index (κ3) is 2.84. The van der Waals surface area contributed by atoms with Crippen molar-refractivity contribution in [3.8, 4) is 0 Å². The van der Waals surface area contributed by atoms with Gasteiger partial charge < -0.3 is 21.1 Å². The molecule has 0 aromatic rings. The van der Waals surface area contributed by atoms with E-state index in [0.29, 0.717) is 17.3 Å². The van der Waals surface area contributed by atoms with Crippen molar-refractivity contribution in [2.45, 2.75) is 90.1 Å². The van der Waals surface area contributed by atoms with Crippen molar-refractivity contribution in [1.82, 2.24) is 10.2 Å². The Morgan fingerprint density at radius 2 is 1.93 bits per heavy atom. The minimum atomic E-state index is -0.473. The van der Waals surface area contributed by atoms with E-state index < -0.39 is 5.60 Å². The Morgan fingerprint density at radius 1 is 1.07 bits per heavy atom. The van der Waals surface area contributed by atoms with Crippen LogP contribution in [-0.4, -0.2) is 35.4 Å². The quantitative estimate of drug-likeness (QED) is 0.661. The molecule has 29 heavy (non-hydrogen) atoms. The van der Waals surface area contributed by atoms with Gasteiger partial charge in [-0.1, -0.05) is 26.7 Å². The lowest BCUT2D eigenvalue weighted by Crippen LogP contribution is -2.62. The average molecular weight is 402 g/mol. The lowest BCUT2D eigenvalue weighted by molar-refractivity contribution is -0.203. The number of nitrogens with one attached hydrogen (secondary N) is 1. The number of rotatable bonds is 4. The zero-order valence-corrected chi connectivity index (χ0v) is 18.8. The van der Waals surface area contributed by atoms with Crippen LogP contribution >= 0.6 is 0 Å². The van der Waals surface area contributed by atoms with Gasteiger partial charge in [0.15, 0.2) is 0 Å². The minimum absolute atomic E-state index is 0.0226. The van der Waals surface area contributed by atoms with Gasteiger partial charge in [0, 0.05) is 29.8 Å². The molecule has 0 bridgehead atoms. The predicted molar refractivity (Wildman–Crippen MR) is 118 cm³/mol. The van der Waals surface area contributed by atoms with Crippen LogP contribution in [0.3, 0.4) is 0 Å². The lowest BCUT2D eigenvalue weighted by Gasteiger charge is -2.63. The molecule has 4 saturated carbocycles. The Labute approximate surface area is 177 Å². The molecule has 5 rings (SSSR count). The van der Waals surface area contributed by atoms with Crippen LogP contribution < -0.4 is 11.1 Å². The van der Waals surface area contributed by atoms with Crippen LogP contribution in [0.5, 0.6) is 0 Å². The summed E-state index contributed by atoms with van der Waals surface area (Å²) < 4.78 is 0. The van der Waals surface area contributed by atoms with Crippen LogP contribution in [0.15, 0.2) is 11.9 Å². The summed E-state index contributed by atoms with van der Waals surface area (Å²) >= 11 is 0. The van der Waals surface area contributed by atoms with Crippen molar-refractivity contribution in [3.63, 3.8) is 0 Å². The van der Waals surface area contributed by atoms with Crippen molar-refractivity contribution in [3.05, 3.63) is 11.9 Å². The monoisotopic (exact) mass is 401 g/mol. The predicted octanol–water partition coefficient (Wildman–Crippen LogP) is 4.20. The molecule has 5 aliphatic rings. The molecule has 1 heterocycles. The van der Waals surface area contributed by atoms with E-state index in [1.165, 1.54) is 57.1 Å². The highest BCUT2D eigenvalue weighted by Gasteiger charge is 2.67. The Bertz CT molecular complexity index is 664. The topological polar surface area (TPSA) is 61.5 Å².